The maximum absolute atomic E-state index is 12.2. The maximum Gasteiger partial charge on any atom is 0.328 e. The number of thiazole rings is 1. The van der Waals surface area contributed by atoms with Crippen molar-refractivity contribution < 1.29 is 14.3 Å². The molecule has 6 nitrogen and oxygen atoms in total. The number of carbonyl (C=O) groups excluding carboxylic acids is 2. The highest BCUT2D eigenvalue weighted by atomic mass is 32.1. The fourth-order valence-electron chi connectivity index (χ4n) is 1.77. The van der Waals surface area contributed by atoms with Crippen LogP contribution in [0.1, 0.15) is 42.7 Å². The molecule has 3 N–H and O–H groups in total. The van der Waals surface area contributed by atoms with E-state index in [4.69, 9.17) is 10.5 Å². The van der Waals surface area contributed by atoms with Gasteiger partial charge in [0, 0.05) is 11.8 Å². The summed E-state index contributed by atoms with van der Waals surface area (Å²) in [7, 11) is 0. The lowest BCUT2D eigenvalue weighted by molar-refractivity contribution is -0.146. The summed E-state index contributed by atoms with van der Waals surface area (Å²) in [6, 6.07) is -0.651. The fourth-order valence-corrected chi connectivity index (χ4v) is 2.56. The summed E-state index contributed by atoms with van der Waals surface area (Å²) in [5.41, 5.74) is 5.78. The number of ether oxygens (including phenoxy) is 1. The van der Waals surface area contributed by atoms with Crippen LogP contribution in [0.4, 0.5) is 0 Å². The van der Waals surface area contributed by atoms with Crippen LogP contribution in [0.5, 0.6) is 0 Å². The van der Waals surface area contributed by atoms with Gasteiger partial charge >= 0.3 is 5.97 Å². The van der Waals surface area contributed by atoms with Gasteiger partial charge in [-0.25, -0.2) is 9.78 Å². The van der Waals surface area contributed by atoms with Crippen molar-refractivity contribution in [2.24, 2.45) is 11.7 Å². The first-order valence-corrected chi connectivity index (χ1v) is 8.03. The molecule has 1 amide bonds. The molecule has 0 fully saturated rings. The Kier molecular flexibility index (Phi) is 7.31. The van der Waals surface area contributed by atoms with Gasteiger partial charge in [0.1, 0.15) is 11.7 Å². The van der Waals surface area contributed by atoms with Crippen molar-refractivity contribution in [3.8, 4) is 0 Å². The lowest BCUT2D eigenvalue weighted by atomic mass is 9.99. The van der Waals surface area contributed by atoms with E-state index in [9.17, 15) is 9.59 Å². The Morgan fingerprint density at radius 1 is 1.48 bits per heavy atom. The molecular weight excluding hydrogens is 290 g/mol. The molecule has 0 saturated carbocycles. The summed E-state index contributed by atoms with van der Waals surface area (Å²) in [5, 5.41) is 5.22. The predicted octanol–water partition coefficient (Wildman–Crippen LogP) is 1.35. The van der Waals surface area contributed by atoms with Crippen LogP contribution in [0, 0.1) is 5.92 Å². The number of aromatic nitrogens is 1. The fraction of sp³-hybridized carbons (Fsp3) is 0.643. The van der Waals surface area contributed by atoms with Crippen LogP contribution in [-0.2, 0) is 16.0 Å². The van der Waals surface area contributed by atoms with Gasteiger partial charge in [0.15, 0.2) is 0 Å². The standard InChI is InChI=1S/C14H23N3O3S/c1-4-9(3)12(14(19)20-5-2)17-13(18)10-8-21-11(16-10)6-7-15/h8-9,12H,4-7,15H2,1-3H3,(H,17,18). The molecule has 0 aliphatic carbocycles. The molecule has 0 saturated heterocycles. The number of rotatable bonds is 8. The zero-order chi connectivity index (χ0) is 15.8. The molecule has 1 aromatic rings. The van der Waals surface area contributed by atoms with Gasteiger partial charge in [-0.15, -0.1) is 11.3 Å². The molecule has 1 aromatic heterocycles. The van der Waals surface area contributed by atoms with Crippen LogP contribution >= 0.6 is 11.3 Å². The first-order valence-electron chi connectivity index (χ1n) is 7.15. The molecule has 0 spiro atoms. The van der Waals surface area contributed by atoms with E-state index in [1.807, 2.05) is 13.8 Å². The van der Waals surface area contributed by atoms with Gasteiger partial charge in [0.25, 0.3) is 5.91 Å². The first-order chi connectivity index (χ1) is 10.0. The molecule has 2 atom stereocenters. The number of nitrogens with zero attached hydrogens (tertiary/aromatic N) is 1. The van der Waals surface area contributed by atoms with Crippen LogP contribution in [0.15, 0.2) is 5.38 Å². The normalized spacial score (nSPS) is 13.5. The van der Waals surface area contributed by atoms with Crippen molar-refractivity contribution in [1.29, 1.82) is 0 Å². The number of nitrogens with two attached hydrogens (primary N) is 1. The molecular formula is C14H23N3O3S. The highest BCUT2D eigenvalue weighted by Gasteiger charge is 2.28. The Bertz CT molecular complexity index is 476. The second-order valence-electron chi connectivity index (χ2n) is 4.75. The van der Waals surface area contributed by atoms with Gasteiger partial charge in [0.2, 0.25) is 0 Å². The number of hydrogen-bond donors (Lipinski definition) is 2. The average Bonchev–Trinajstić information content (AvgIpc) is 2.93. The van der Waals surface area contributed by atoms with Gasteiger partial charge in [0.05, 0.1) is 11.6 Å². The molecule has 2 unspecified atom stereocenters. The Morgan fingerprint density at radius 2 is 2.19 bits per heavy atom. The lowest BCUT2D eigenvalue weighted by Crippen LogP contribution is -2.46. The van der Waals surface area contributed by atoms with Crippen molar-refractivity contribution in [3.63, 3.8) is 0 Å². The molecule has 1 heterocycles. The van der Waals surface area contributed by atoms with Gasteiger partial charge in [-0.2, -0.15) is 0 Å². The topological polar surface area (TPSA) is 94.3 Å². The third kappa shape index (κ3) is 5.09. The number of carbonyl (C=O) groups is 2. The monoisotopic (exact) mass is 313 g/mol. The van der Waals surface area contributed by atoms with E-state index in [0.717, 1.165) is 11.4 Å². The highest BCUT2D eigenvalue weighted by Crippen LogP contribution is 2.13. The van der Waals surface area contributed by atoms with Crippen molar-refractivity contribution in [2.45, 2.75) is 39.7 Å². The van der Waals surface area contributed by atoms with Crippen LogP contribution in [0.2, 0.25) is 0 Å². The van der Waals surface area contributed by atoms with E-state index < -0.39 is 12.0 Å². The zero-order valence-corrected chi connectivity index (χ0v) is 13.5. The molecule has 118 valence electrons. The molecule has 0 aliphatic rings. The van der Waals surface area contributed by atoms with Gasteiger partial charge < -0.3 is 15.8 Å². The van der Waals surface area contributed by atoms with Gasteiger partial charge in [-0.1, -0.05) is 20.3 Å². The van der Waals surface area contributed by atoms with E-state index >= 15 is 0 Å². The van der Waals surface area contributed by atoms with Crippen LogP contribution in [0.3, 0.4) is 0 Å². The molecule has 7 heteroatoms. The minimum atomic E-state index is -0.651. The lowest BCUT2D eigenvalue weighted by Gasteiger charge is -2.21. The van der Waals surface area contributed by atoms with Crippen LogP contribution in [0.25, 0.3) is 0 Å². The van der Waals surface area contributed by atoms with Crippen LogP contribution < -0.4 is 11.1 Å². The number of nitrogens with one attached hydrogen (secondary N) is 1. The summed E-state index contributed by atoms with van der Waals surface area (Å²) in [6.07, 6.45) is 1.41. The second-order valence-corrected chi connectivity index (χ2v) is 5.70. The van der Waals surface area contributed by atoms with Crippen molar-refractivity contribution in [1.82, 2.24) is 10.3 Å². The molecule has 0 radical (unpaired) electrons. The number of hydrogen-bond acceptors (Lipinski definition) is 6. The molecule has 0 aliphatic heterocycles. The largest absolute Gasteiger partial charge is 0.464 e. The van der Waals surface area contributed by atoms with Crippen molar-refractivity contribution >= 4 is 23.2 Å². The third-order valence-corrected chi connectivity index (χ3v) is 4.09. The van der Waals surface area contributed by atoms with Crippen LogP contribution in [-0.4, -0.2) is 36.1 Å². The predicted molar refractivity (Wildman–Crippen MR) is 82.2 cm³/mol. The quantitative estimate of drug-likeness (QED) is 0.707. The Labute approximate surface area is 129 Å². The second kappa shape index (κ2) is 8.74. The molecule has 1 rings (SSSR count). The maximum atomic E-state index is 12.2. The summed E-state index contributed by atoms with van der Waals surface area (Å²) >= 11 is 1.39. The van der Waals surface area contributed by atoms with Gasteiger partial charge in [-0.05, 0) is 19.4 Å². The molecule has 0 bridgehead atoms. The van der Waals surface area contributed by atoms with Crippen molar-refractivity contribution in [2.75, 3.05) is 13.2 Å². The van der Waals surface area contributed by atoms with E-state index in [1.165, 1.54) is 11.3 Å². The molecule has 0 aromatic carbocycles. The Hall–Kier alpha value is -1.47. The summed E-state index contributed by atoms with van der Waals surface area (Å²) in [4.78, 5) is 28.4. The summed E-state index contributed by atoms with van der Waals surface area (Å²) in [6.45, 7) is 6.40. The number of amides is 1. The zero-order valence-electron chi connectivity index (χ0n) is 12.7. The van der Waals surface area contributed by atoms with E-state index in [0.29, 0.717) is 25.3 Å². The highest BCUT2D eigenvalue weighted by molar-refractivity contribution is 7.09. The third-order valence-electron chi connectivity index (χ3n) is 3.18. The minimum Gasteiger partial charge on any atom is -0.464 e. The van der Waals surface area contributed by atoms with Gasteiger partial charge in [-0.3, -0.25) is 4.79 Å². The average molecular weight is 313 g/mol. The smallest absolute Gasteiger partial charge is 0.328 e. The van der Waals surface area contributed by atoms with Crippen molar-refractivity contribution in [3.05, 3.63) is 16.1 Å². The summed E-state index contributed by atoms with van der Waals surface area (Å²) < 4.78 is 5.02. The SMILES string of the molecule is CCOC(=O)C(NC(=O)c1csc(CCN)n1)C(C)CC. The Balaban J connectivity index is 2.76. The molecule has 21 heavy (non-hydrogen) atoms. The first kappa shape index (κ1) is 17.6. The summed E-state index contributed by atoms with van der Waals surface area (Å²) in [5.74, 6) is -0.763. The van der Waals surface area contributed by atoms with E-state index in [2.05, 4.69) is 10.3 Å². The Morgan fingerprint density at radius 3 is 2.76 bits per heavy atom. The van der Waals surface area contributed by atoms with E-state index in [-0.39, 0.29) is 11.8 Å². The van der Waals surface area contributed by atoms with E-state index in [1.54, 1.807) is 12.3 Å². The minimum absolute atomic E-state index is 0.00449. The number of esters is 1.